The highest BCUT2D eigenvalue weighted by Crippen LogP contribution is 2.66. The molecule has 0 amide bonds. The quantitative estimate of drug-likeness (QED) is 0.0162. The Labute approximate surface area is 659 Å². The number of fused-ring (bicyclic) bond motifs is 8. The molecule has 0 saturated carbocycles. The summed E-state index contributed by atoms with van der Waals surface area (Å²) in [6.45, 7) is 27.9. The fraction of sp³-hybridized carbons (Fsp3) is 0.347. The highest BCUT2D eigenvalue weighted by atomic mass is 32.1. The molecule has 7 aromatic carbocycles. The van der Waals surface area contributed by atoms with Crippen molar-refractivity contribution in [2.24, 2.45) is 0 Å². The van der Waals surface area contributed by atoms with Crippen LogP contribution in [0.2, 0.25) is 0 Å². The summed E-state index contributed by atoms with van der Waals surface area (Å²) in [5.74, 6) is 2.62. The van der Waals surface area contributed by atoms with Gasteiger partial charge >= 0.3 is 0 Å². The van der Waals surface area contributed by atoms with E-state index in [2.05, 4.69) is 171 Å². The molecule has 2 aromatic heterocycles. The van der Waals surface area contributed by atoms with Crippen LogP contribution in [0.3, 0.4) is 0 Å². The molecule has 4 aliphatic carbocycles. The average Bonchev–Trinajstić information content (AvgIpc) is 1.50. The molecule has 0 radical (unpaired) electrons. The lowest BCUT2D eigenvalue weighted by molar-refractivity contribution is 0.103. The number of nitrogens with zero attached hydrogens (tertiary/aromatic N) is 4. The highest BCUT2D eigenvalue weighted by molar-refractivity contribution is 7.14. The Balaban J connectivity index is 1.05. The van der Waals surface area contributed by atoms with Gasteiger partial charge in [0.25, 0.3) is 11.4 Å². The van der Waals surface area contributed by atoms with Crippen molar-refractivity contribution in [2.45, 2.75) is 193 Å². The summed E-state index contributed by atoms with van der Waals surface area (Å²) in [5, 5.41) is 21.2. The fourth-order valence-corrected chi connectivity index (χ4v) is 19.5. The number of nitriles is 2. The molecule has 0 bridgehead atoms. The molecule has 10 nitrogen and oxygen atoms in total. The Bertz CT molecular complexity index is 4640. The molecule has 4 aliphatic rings. The smallest absolute Gasteiger partial charge is 0.270 e. The number of hydrogen-bond donors (Lipinski definition) is 0. The topological polar surface area (TPSA) is 127 Å². The molecule has 558 valence electrons. The Morgan fingerprint density at radius 3 is 0.909 bits per heavy atom. The SMILES string of the molecule is [C-]#[N+]/C(C#N)=C1\C(=C\c2cc3c(s2)C(c2ccc(OCCCCCCCC)cc2)(c2ccc(OCCCCCCCC)cc2)c2cc4c(cc2-3)C(c2ccc(OCCCCCCCC)cc2)(c2ccc(OCCCCCCCC)cc2)c2sc(/C=C3\C(=O)c5ccccc5\C3=C(\C#N)[N+]#[C-])cc2-4)C(=O)c2ccccc21. The Morgan fingerprint density at radius 2 is 0.636 bits per heavy atom. The molecule has 0 aliphatic heterocycles. The van der Waals surface area contributed by atoms with E-state index in [-0.39, 0.29) is 23.0 Å². The predicted molar refractivity (Wildman–Crippen MR) is 448 cm³/mol. The Morgan fingerprint density at radius 1 is 0.364 bits per heavy atom. The molecule has 110 heavy (non-hydrogen) atoms. The molecule has 0 unspecified atom stereocenters. The number of carbonyl (C=O) groups excluding carboxylic acids is 2. The van der Waals surface area contributed by atoms with Gasteiger partial charge in [-0.05, 0) is 177 Å². The highest BCUT2D eigenvalue weighted by Gasteiger charge is 2.54. The minimum Gasteiger partial charge on any atom is -0.494 e. The van der Waals surface area contributed by atoms with Gasteiger partial charge in [-0.1, -0.05) is 253 Å². The van der Waals surface area contributed by atoms with Gasteiger partial charge in [-0.2, -0.15) is 0 Å². The zero-order valence-corrected chi connectivity index (χ0v) is 65.8. The molecule has 0 atom stereocenters. The molecular weight excluding hydrogens is 1390 g/mol. The number of Topliss-reactive ketones (excluding diaryl/α,β-unsaturated/α-hetero) is 2. The lowest BCUT2D eigenvalue weighted by atomic mass is 9.68. The zero-order chi connectivity index (χ0) is 76.4. The number of allylic oxidation sites excluding steroid dienone is 6. The molecule has 12 heteroatoms. The third-order valence-electron chi connectivity index (χ3n) is 22.3. The number of hydrogen-bond acceptors (Lipinski definition) is 10. The molecule has 0 spiro atoms. The summed E-state index contributed by atoms with van der Waals surface area (Å²) in [6.07, 6.45) is 31.3. The monoisotopic (exact) mass is 1490 g/mol. The van der Waals surface area contributed by atoms with Crippen LogP contribution in [0.5, 0.6) is 23.0 Å². The second-order valence-corrected chi connectivity index (χ2v) is 31.7. The van der Waals surface area contributed by atoms with Gasteiger partial charge in [-0.25, -0.2) is 20.2 Å². The van der Waals surface area contributed by atoms with Crippen LogP contribution < -0.4 is 18.9 Å². The first-order valence-electron chi connectivity index (χ1n) is 40.3. The molecule has 0 fully saturated rings. The number of thiophene rings is 2. The van der Waals surface area contributed by atoms with Gasteiger partial charge in [0.2, 0.25) is 0 Å². The number of ether oxygens (including phenoxy) is 4. The molecule has 13 rings (SSSR count). The fourth-order valence-electron chi connectivity index (χ4n) is 16.8. The van der Waals surface area contributed by atoms with Crippen LogP contribution >= 0.6 is 22.7 Å². The van der Waals surface area contributed by atoms with Crippen LogP contribution in [-0.2, 0) is 10.8 Å². The van der Waals surface area contributed by atoms with E-state index in [1.165, 1.54) is 103 Å². The van der Waals surface area contributed by atoms with Crippen molar-refractivity contribution in [1.82, 2.24) is 0 Å². The molecule has 9 aromatic rings. The molecule has 0 N–H and O–H groups in total. The second kappa shape index (κ2) is 36.7. The number of carbonyl (C=O) groups is 2. The maximum atomic E-state index is 14.9. The van der Waals surface area contributed by atoms with Gasteiger partial charge in [0.05, 0.1) is 62.5 Å². The van der Waals surface area contributed by atoms with Crippen LogP contribution in [0.15, 0.2) is 192 Å². The average molecular weight is 1490 g/mol. The van der Waals surface area contributed by atoms with Gasteiger partial charge in [0, 0.05) is 52.9 Å². The van der Waals surface area contributed by atoms with E-state index in [1.54, 1.807) is 34.8 Å². The lowest BCUT2D eigenvalue weighted by Gasteiger charge is -2.35. The van der Waals surface area contributed by atoms with E-state index in [9.17, 15) is 20.1 Å². The van der Waals surface area contributed by atoms with Gasteiger partial charge in [0.1, 0.15) is 23.0 Å². The summed E-state index contributed by atoms with van der Waals surface area (Å²) in [6, 6.07) is 62.6. The van der Waals surface area contributed by atoms with Crippen LogP contribution in [0.1, 0.15) is 267 Å². The minimum atomic E-state index is -1.03. The van der Waals surface area contributed by atoms with Gasteiger partial charge < -0.3 is 18.9 Å². The third kappa shape index (κ3) is 15.8. The first-order chi connectivity index (χ1) is 54.1. The Kier molecular flexibility index (Phi) is 25.9. The van der Waals surface area contributed by atoms with Gasteiger partial charge in [-0.15, -0.1) is 22.7 Å². The summed E-state index contributed by atoms with van der Waals surface area (Å²) in [7, 11) is 0. The predicted octanol–water partition coefficient (Wildman–Crippen LogP) is 26.4. The number of ketones is 2. The van der Waals surface area contributed by atoms with Crippen LogP contribution in [-0.4, -0.2) is 38.0 Å². The van der Waals surface area contributed by atoms with Crippen molar-refractivity contribution in [3.63, 3.8) is 0 Å². The Hall–Kier alpha value is -10.6. The largest absolute Gasteiger partial charge is 0.494 e. The molecule has 0 saturated heterocycles. The molecular formula is C98H98N4O6S2. The lowest BCUT2D eigenvalue weighted by Crippen LogP contribution is -2.29. The first kappa shape index (κ1) is 77.6. The van der Waals surface area contributed by atoms with Gasteiger partial charge in [-0.3, -0.25) is 9.59 Å². The summed E-state index contributed by atoms with van der Waals surface area (Å²) in [4.78, 5) is 40.9. The van der Waals surface area contributed by atoms with E-state index in [1.807, 2.05) is 48.6 Å². The van der Waals surface area contributed by atoms with Crippen molar-refractivity contribution in [1.29, 1.82) is 10.5 Å². The van der Waals surface area contributed by atoms with Crippen molar-refractivity contribution < 1.29 is 28.5 Å². The molecule has 2 heterocycles. The second-order valence-electron chi connectivity index (χ2n) is 29.5. The number of benzene rings is 7. The van der Waals surface area contributed by atoms with E-state index in [0.29, 0.717) is 71.0 Å². The van der Waals surface area contributed by atoms with E-state index in [4.69, 9.17) is 32.1 Å². The van der Waals surface area contributed by atoms with E-state index < -0.39 is 10.8 Å². The van der Waals surface area contributed by atoms with E-state index >= 15 is 0 Å². The minimum absolute atomic E-state index is 0.142. The first-order valence-corrected chi connectivity index (χ1v) is 41.9. The van der Waals surface area contributed by atoms with E-state index in [0.717, 1.165) is 150 Å². The van der Waals surface area contributed by atoms with Gasteiger partial charge in [0.15, 0.2) is 11.6 Å². The number of rotatable bonds is 38. The summed E-state index contributed by atoms with van der Waals surface area (Å²) in [5.41, 5.74) is 11.0. The van der Waals surface area contributed by atoms with Crippen LogP contribution in [0.4, 0.5) is 0 Å². The van der Waals surface area contributed by atoms with Crippen molar-refractivity contribution in [3.8, 4) is 57.4 Å². The maximum Gasteiger partial charge on any atom is 0.270 e. The summed E-state index contributed by atoms with van der Waals surface area (Å²) >= 11 is 3.22. The van der Waals surface area contributed by atoms with Crippen LogP contribution in [0, 0.1) is 35.8 Å². The standard InChI is InChI=1S/C98H98N4O6S2/c1-7-11-15-19-23-31-55-105-71-47-39-67(40-48-71)97(68-41-49-72(50-42-68)106-56-32-24-20-16-12-8-2)87-63-82-84-60-76(62-86-92(90(66-100)102-6)78-36-28-30-38-80(78)94(86)104)110-96(84)98(69-43-51-73(52-44-69)107-57-33-25-21-17-13-9-3,70-45-53-74(54-46-70)108-58-34-26-22-18-14-10-4)88(82)64-81(87)83-59-75(109-95(83)97)61-85-91(89(65-99)101-5)77-35-27-29-37-79(77)93(85)103/h27-30,35-54,59-64H,7-26,31-34,55-58H2,1-4H3/b85-61-,86-62-,91-89-,92-90+. The number of unbranched alkanes of at least 4 members (excludes halogenated alkanes) is 20. The maximum absolute atomic E-state index is 14.9. The van der Waals surface area contributed by atoms with Crippen molar-refractivity contribution >= 4 is 57.5 Å². The van der Waals surface area contributed by atoms with Crippen LogP contribution in [0.25, 0.3) is 55.2 Å². The van der Waals surface area contributed by atoms with Crippen molar-refractivity contribution in [3.05, 3.63) is 290 Å². The zero-order valence-electron chi connectivity index (χ0n) is 64.2. The third-order valence-corrected chi connectivity index (χ3v) is 24.7. The summed E-state index contributed by atoms with van der Waals surface area (Å²) < 4.78 is 26.4. The normalized spacial score (nSPS) is 15.4. The van der Waals surface area contributed by atoms with Crippen molar-refractivity contribution in [2.75, 3.05) is 26.4 Å².